The van der Waals surface area contributed by atoms with E-state index in [1.54, 1.807) is 0 Å². The molecule has 11 heteroatoms. The van der Waals surface area contributed by atoms with Crippen molar-refractivity contribution in [2.45, 2.75) is 62.9 Å². The van der Waals surface area contributed by atoms with E-state index >= 15 is 0 Å². The summed E-state index contributed by atoms with van der Waals surface area (Å²) in [5, 5.41) is 28.6. The van der Waals surface area contributed by atoms with Crippen LogP contribution in [0.2, 0.25) is 0 Å². The summed E-state index contributed by atoms with van der Waals surface area (Å²) in [5.41, 5.74) is 0.683. The number of aliphatic hydroxyl groups is 2. The zero-order valence-corrected chi connectivity index (χ0v) is 19.6. The molecule has 4 atom stereocenters. The SMILES string of the molecule is C[C@@H]1CCC23C=C(NC(=O)N=S(N)(=O)c4sc(C(C)(C)O)nc4CO)CC2CCN=C13. The first-order chi connectivity index (χ1) is 14.5. The molecule has 1 aromatic heterocycles. The molecule has 3 unspecified atom stereocenters. The third-order valence-electron chi connectivity index (χ3n) is 6.41. The molecule has 9 nitrogen and oxygen atoms in total. The summed E-state index contributed by atoms with van der Waals surface area (Å²) >= 11 is 0.885. The van der Waals surface area contributed by atoms with Crippen LogP contribution in [0.15, 0.2) is 25.3 Å². The Kier molecular flexibility index (Phi) is 5.62. The third-order valence-corrected chi connectivity index (χ3v) is 9.78. The zero-order valence-electron chi connectivity index (χ0n) is 17.9. The predicted octanol–water partition coefficient (Wildman–Crippen LogP) is 2.44. The Hall–Kier alpha value is -1.66. The molecule has 0 aromatic carbocycles. The van der Waals surface area contributed by atoms with E-state index in [-0.39, 0.29) is 20.3 Å². The van der Waals surface area contributed by atoms with E-state index < -0.39 is 28.2 Å². The van der Waals surface area contributed by atoms with Crippen LogP contribution in [-0.4, -0.2) is 37.7 Å². The van der Waals surface area contributed by atoms with Gasteiger partial charge >= 0.3 is 6.03 Å². The summed E-state index contributed by atoms with van der Waals surface area (Å²) in [5.74, 6) is 0.870. The van der Waals surface area contributed by atoms with E-state index in [9.17, 15) is 19.2 Å². The molecular formula is C20H29N5O4S2. The number of nitrogens with two attached hydrogens (primary N) is 1. The maximum Gasteiger partial charge on any atom is 0.354 e. The number of aliphatic hydroxyl groups excluding tert-OH is 1. The summed E-state index contributed by atoms with van der Waals surface area (Å²) in [6.45, 7) is 5.54. The molecule has 4 rings (SSSR count). The van der Waals surface area contributed by atoms with Gasteiger partial charge in [0.05, 0.1) is 12.3 Å². The minimum atomic E-state index is -3.64. The van der Waals surface area contributed by atoms with Crippen molar-refractivity contribution in [3.05, 3.63) is 22.5 Å². The van der Waals surface area contributed by atoms with Gasteiger partial charge in [0.2, 0.25) is 0 Å². The van der Waals surface area contributed by atoms with Crippen LogP contribution in [0.4, 0.5) is 4.79 Å². The lowest BCUT2D eigenvalue weighted by Gasteiger charge is -2.35. The van der Waals surface area contributed by atoms with Gasteiger partial charge in [0.1, 0.15) is 14.8 Å². The Balaban J connectivity index is 1.58. The van der Waals surface area contributed by atoms with Crippen molar-refractivity contribution in [3.8, 4) is 0 Å². The van der Waals surface area contributed by atoms with E-state index in [1.807, 2.05) is 0 Å². The Morgan fingerprint density at radius 2 is 2.23 bits per heavy atom. The van der Waals surface area contributed by atoms with Crippen LogP contribution in [0.3, 0.4) is 0 Å². The van der Waals surface area contributed by atoms with Gasteiger partial charge in [0, 0.05) is 23.4 Å². The number of hydrogen-bond donors (Lipinski definition) is 4. The first kappa shape index (κ1) is 22.5. The maximum atomic E-state index is 13.1. The van der Waals surface area contributed by atoms with E-state index in [0.29, 0.717) is 11.8 Å². The number of hydrogen-bond acceptors (Lipinski definition) is 7. The minimum absolute atomic E-state index is 0.00558. The van der Waals surface area contributed by atoms with E-state index in [1.165, 1.54) is 19.6 Å². The van der Waals surface area contributed by atoms with Gasteiger partial charge in [-0.05, 0) is 51.4 Å². The molecule has 3 aliphatic rings. The third kappa shape index (κ3) is 3.97. The lowest BCUT2D eigenvalue weighted by molar-refractivity contribution is 0.0779. The van der Waals surface area contributed by atoms with Crippen LogP contribution >= 0.6 is 11.3 Å². The van der Waals surface area contributed by atoms with E-state index in [2.05, 4.69) is 27.7 Å². The van der Waals surface area contributed by atoms with Crippen molar-refractivity contribution in [1.82, 2.24) is 10.3 Å². The Bertz CT molecular complexity index is 1090. The summed E-state index contributed by atoms with van der Waals surface area (Å²) in [4.78, 5) is 21.5. The van der Waals surface area contributed by atoms with Gasteiger partial charge in [-0.3, -0.25) is 4.99 Å². The van der Waals surface area contributed by atoms with Crippen LogP contribution in [-0.2, 0) is 22.1 Å². The number of allylic oxidation sites excluding steroid dienone is 2. The van der Waals surface area contributed by atoms with Gasteiger partial charge in [0.15, 0.2) is 9.92 Å². The number of rotatable bonds is 4. The minimum Gasteiger partial charge on any atom is -0.390 e. The van der Waals surface area contributed by atoms with Crippen LogP contribution in [0.25, 0.3) is 0 Å². The molecule has 1 fully saturated rings. The fraction of sp³-hybridized carbons (Fsp3) is 0.650. The highest BCUT2D eigenvalue weighted by atomic mass is 32.2. The van der Waals surface area contributed by atoms with Gasteiger partial charge < -0.3 is 15.5 Å². The molecule has 1 aromatic rings. The van der Waals surface area contributed by atoms with Crippen LogP contribution < -0.4 is 10.5 Å². The van der Waals surface area contributed by atoms with Crippen molar-refractivity contribution in [2.24, 2.45) is 31.7 Å². The quantitative estimate of drug-likeness (QED) is 0.536. The highest BCUT2D eigenvalue weighted by molar-refractivity contribution is 7.93. The molecule has 1 saturated carbocycles. The Morgan fingerprint density at radius 1 is 1.48 bits per heavy atom. The highest BCUT2D eigenvalue weighted by Crippen LogP contribution is 2.55. The second kappa shape index (κ2) is 7.73. The monoisotopic (exact) mass is 467 g/mol. The summed E-state index contributed by atoms with van der Waals surface area (Å²) < 4.78 is 16.8. The summed E-state index contributed by atoms with van der Waals surface area (Å²) in [6, 6.07) is -0.791. The average molecular weight is 468 g/mol. The van der Waals surface area contributed by atoms with Gasteiger partial charge in [-0.2, -0.15) is 0 Å². The molecule has 2 aliphatic carbocycles. The van der Waals surface area contributed by atoms with Crippen molar-refractivity contribution in [1.29, 1.82) is 0 Å². The molecule has 170 valence electrons. The fourth-order valence-electron chi connectivity index (χ4n) is 5.02. The molecule has 1 spiro atoms. The molecule has 2 amide bonds. The molecule has 0 radical (unpaired) electrons. The topological polar surface area (TPSA) is 150 Å². The standard InChI is InChI=1S/C20H29N5O4S2/c1-11-4-6-20-9-13(8-12(20)5-7-22-15(11)20)23-18(27)25-31(21,29)16-14(10-26)24-17(30-16)19(2,3)28/h9,11-12,26,28H,4-8,10H2,1-3H3,(H3,21,23,25,27,29)/t11-,12?,20?,31?/m1/s1. The molecule has 31 heavy (non-hydrogen) atoms. The zero-order chi connectivity index (χ0) is 22.6. The van der Waals surface area contributed by atoms with E-state index in [0.717, 1.165) is 49.3 Å². The molecule has 2 heterocycles. The molecule has 1 aliphatic heterocycles. The average Bonchev–Trinajstić information content (AvgIpc) is 3.34. The molecule has 0 saturated heterocycles. The summed E-state index contributed by atoms with van der Waals surface area (Å²) in [6.07, 6.45) is 5.94. The smallest absolute Gasteiger partial charge is 0.354 e. The van der Waals surface area contributed by atoms with Gasteiger partial charge in [-0.1, -0.05) is 13.0 Å². The summed E-state index contributed by atoms with van der Waals surface area (Å²) in [7, 11) is -3.64. The number of aromatic nitrogens is 1. The number of carbonyl (C=O) groups is 1. The number of urea groups is 1. The number of amides is 2. The van der Waals surface area contributed by atoms with Crippen molar-refractivity contribution < 1.29 is 19.2 Å². The molecule has 0 bridgehead atoms. The Morgan fingerprint density at radius 3 is 2.90 bits per heavy atom. The van der Waals surface area contributed by atoms with Crippen molar-refractivity contribution in [2.75, 3.05) is 6.54 Å². The predicted molar refractivity (Wildman–Crippen MR) is 119 cm³/mol. The fourth-order valence-corrected chi connectivity index (χ4v) is 7.47. The Labute approximate surface area is 186 Å². The van der Waals surface area contributed by atoms with Crippen LogP contribution in [0.1, 0.15) is 57.2 Å². The second-order valence-electron chi connectivity index (χ2n) is 9.17. The van der Waals surface area contributed by atoms with Crippen molar-refractivity contribution >= 4 is 33.0 Å². The lowest BCUT2D eigenvalue weighted by atomic mass is 9.71. The van der Waals surface area contributed by atoms with Gasteiger partial charge in [0.25, 0.3) is 0 Å². The van der Waals surface area contributed by atoms with E-state index in [4.69, 9.17) is 10.1 Å². The molecule has 5 N–H and O–H groups in total. The maximum absolute atomic E-state index is 13.1. The van der Waals surface area contributed by atoms with Gasteiger partial charge in [-0.15, -0.1) is 15.7 Å². The number of carbonyl (C=O) groups excluding carboxylic acids is 1. The second-order valence-corrected chi connectivity index (χ2v) is 12.2. The number of nitrogens with one attached hydrogen (secondary N) is 1. The van der Waals surface area contributed by atoms with Gasteiger partial charge in [-0.25, -0.2) is 19.1 Å². The number of nitrogens with zero attached hydrogens (tertiary/aromatic N) is 3. The first-order valence-corrected chi connectivity index (χ1v) is 12.8. The van der Waals surface area contributed by atoms with Crippen LogP contribution in [0, 0.1) is 17.3 Å². The number of aliphatic imine (C=N–C) groups is 1. The highest BCUT2D eigenvalue weighted by Gasteiger charge is 2.52. The normalized spacial score (nSPS) is 29.5. The van der Waals surface area contributed by atoms with Crippen LogP contribution in [0.5, 0.6) is 0 Å². The lowest BCUT2D eigenvalue weighted by Crippen LogP contribution is -2.35. The largest absolute Gasteiger partial charge is 0.390 e. The molecular weight excluding hydrogens is 438 g/mol. The van der Waals surface area contributed by atoms with Crippen molar-refractivity contribution in [3.63, 3.8) is 0 Å². The first-order valence-electron chi connectivity index (χ1n) is 10.4. The number of thiazole rings is 1.